The minimum Gasteiger partial charge on any atom is -0.382 e. The molecular formula is C67H94N25O25P3S. The number of ether oxygens (including phenoxy) is 12. The summed E-state index contributed by atoms with van der Waals surface area (Å²) in [5.74, 6) is 0.875. The maximum Gasteiger partial charge on any atom is 0.472 e. The lowest BCUT2D eigenvalue weighted by Crippen LogP contribution is -2.40. The van der Waals surface area contributed by atoms with Gasteiger partial charge in [0.25, 0.3) is 11.1 Å². The molecule has 0 amide bonds. The topological polar surface area (TPSA) is 649 Å². The first-order valence-electron chi connectivity index (χ1n) is 38.4. The Kier molecular flexibility index (Phi) is 24.3. The molecule has 8 unspecified atom stereocenters. The van der Waals surface area contributed by atoms with Crippen molar-refractivity contribution in [1.82, 2.24) is 97.6 Å². The number of H-pyrrole nitrogens is 2. The Morgan fingerprint density at radius 1 is 0.405 bits per heavy atom. The Bertz CT molecular complexity index is 5610. The maximum atomic E-state index is 12.0. The number of imidazole rings is 5. The van der Waals surface area contributed by atoms with Crippen molar-refractivity contribution >= 4 is 119 Å². The summed E-state index contributed by atoms with van der Waals surface area (Å²) in [6.45, 7) is 12.3. The average molecular weight is 1770 g/mol. The van der Waals surface area contributed by atoms with Gasteiger partial charge in [-0.25, -0.2) is 64.0 Å². The molecule has 15 N–H and O–H groups in total. The molecule has 20 heterocycles. The third-order valence-electron chi connectivity index (χ3n) is 23.2. The zero-order valence-corrected chi connectivity index (χ0v) is 70.9. The van der Waals surface area contributed by atoms with Gasteiger partial charge in [-0.15, -0.1) is 0 Å². The molecule has 20 rings (SSSR count). The Morgan fingerprint density at radius 2 is 0.661 bits per heavy atom. The van der Waals surface area contributed by atoms with Crippen LogP contribution in [0.15, 0.2) is 60.2 Å². The van der Waals surface area contributed by atoms with Gasteiger partial charge in [-0.1, -0.05) is 48.5 Å². The van der Waals surface area contributed by atoms with Crippen LogP contribution in [-0.2, 0) is 105 Å². The van der Waals surface area contributed by atoms with Gasteiger partial charge in [-0.2, -0.15) is 9.97 Å². The summed E-state index contributed by atoms with van der Waals surface area (Å²) in [4.78, 5) is 112. The predicted molar refractivity (Wildman–Crippen MR) is 423 cm³/mol. The Labute approximate surface area is 691 Å². The second-order valence-corrected chi connectivity index (χ2v) is 35.1. The molecule has 121 heavy (non-hydrogen) atoms. The van der Waals surface area contributed by atoms with Crippen molar-refractivity contribution in [3.05, 3.63) is 71.3 Å². The monoisotopic (exact) mass is 1770 g/mol. The molecule has 0 spiro atoms. The number of aromatic nitrogens is 20. The van der Waals surface area contributed by atoms with Gasteiger partial charge in [-0.3, -0.25) is 65.0 Å². The number of hydrogen-bond acceptors (Lipinski definition) is 41. The molecule has 0 radical (unpaired) electrons. The largest absolute Gasteiger partial charge is 0.472 e. The van der Waals surface area contributed by atoms with Gasteiger partial charge >= 0.3 is 22.4 Å². The summed E-state index contributed by atoms with van der Waals surface area (Å²) in [5.41, 5.74) is 28.6. The molecular weight excluding hydrogens is 1680 g/mol. The molecule has 10 bridgehead atoms. The highest BCUT2D eigenvalue weighted by Gasteiger charge is 2.68. The summed E-state index contributed by atoms with van der Waals surface area (Å²) in [6, 6.07) is 0. The third kappa shape index (κ3) is 15.0. The van der Waals surface area contributed by atoms with Crippen molar-refractivity contribution in [2.24, 2.45) is 0 Å². The standard InChI is InChI=1S/C13H18N5O7P.C13H18N5O6P.C13H18N5O5PS.C13H17N5O4.C13H17N5O3.C2H6/c1-3-13-4-23-7(8(13)25-26(20,21)22-2)11(24-13)18-5-15-6-9(18)16-12(14)17-10(6)19;1-3-13-4-22-8(9(13)24-25(19,20)21-2)12(23-13)18-6-17-7-10(14)15-5-16-11(7)18;1-3-13-4-21-8(9(13)23-24(19,25)20-2)12(22-13)18-6-17-7-10(14)15-5-16-11(7)18;1-3-13-4-21-7(8(13)20-2)11(22-13)18-5-15-6-9(18)16-12(14)17-10(6)19;1-3-13-4-20-8(9(13)19-2)12(21-13)18-6-17-7-10(14)15-5-16-11(7)18;1-2/h5,7-8,11H,3-4H2,1-2H3,(H,20,21)(H3,14,16,17,19);5-6,8-9,12H,3-4H2,1-2H3,(H,19,20)(H2,14,15,16);5-6,8-9,12H,3-4H2,1-2H3,(H,19,25)(H2,14,15,16);5,7-8,11H,3-4H2,1-2H3,(H3,14,16,17,19);5-6,8-9,12H,3-4H2,1-2H3,(H2,14,15,16);1-2H3/t7-,8?,11+,13-;8-,9?,12+,13-;8-,9?,12+,13-,24?;7-,8?,11+,13-;8-,9?,12+,13-;/m00000./s1. The van der Waals surface area contributed by atoms with E-state index in [2.05, 4.69) is 90.7 Å². The number of rotatable bonds is 21. The fourth-order valence-corrected chi connectivity index (χ4v) is 19.2. The summed E-state index contributed by atoms with van der Waals surface area (Å²) in [7, 11) is -1.61. The average Bonchev–Trinajstić information content (AvgIpc) is 1.58. The second kappa shape index (κ2) is 33.6. The molecule has 50 nitrogen and oxygen atoms in total. The van der Waals surface area contributed by atoms with Crippen LogP contribution < -0.4 is 39.8 Å². The number of nitrogen functional groups attached to an aromatic ring is 5. The SMILES string of the molecule is CC.CC[C@]12CO[C@@H](C1OC)[C@H](n1cnc3c(=O)[nH]c(N)nc31)O2.CC[C@]12CO[C@@H](C1OC)[C@H](n1cnc3c(N)ncnc31)O2.CC[C@]12CO[C@@H](C1OP(=O)(O)OC)[C@H](n1cnc3c(=O)[nH]c(N)nc31)O2.CC[C@]12CO[C@@H](C1OP(=O)(O)OC)[C@H](n1cnc3c(N)ncnc31)O2.CC[C@]12CO[C@@H](C1OP(O)(=S)OC)[C@H](n1cnc3c(N)ncnc31)O2. The van der Waals surface area contributed by atoms with E-state index in [0.29, 0.717) is 84.0 Å². The maximum absolute atomic E-state index is 12.0. The molecule has 10 aromatic rings. The van der Waals surface area contributed by atoms with Crippen LogP contribution in [0.3, 0.4) is 0 Å². The number of fused-ring (bicyclic) bond motifs is 15. The number of methoxy groups -OCH3 is 2. The number of nitrogens with two attached hydrogens (primary N) is 5. The van der Waals surface area contributed by atoms with Crippen molar-refractivity contribution < 1.29 is 108 Å². The van der Waals surface area contributed by atoms with Gasteiger partial charge in [0.15, 0.2) is 87.9 Å². The van der Waals surface area contributed by atoms with Crippen LogP contribution >= 0.6 is 22.4 Å². The van der Waals surface area contributed by atoms with Crippen molar-refractivity contribution in [3.8, 4) is 0 Å². The van der Waals surface area contributed by atoms with Gasteiger partial charge in [0.1, 0.15) is 125 Å². The third-order valence-corrected chi connectivity index (χ3v) is 26.8. The van der Waals surface area contributed by atoms with Gasteiger partial charge in [0.2, 0.25) is 11.9 Å². The van der Waals surface area contributed by atoms with E-state index in [1.165, 1.54) is 49.6 Å². The Hall–Kier alpha value is -8.38. The van der Waals surface area contributed by atoms with E-state index in [9.17, 15) is 33.4 Å². The molecule has 10 fully saturated rings. The molecule has 0 aliphatic carbocycles. The fourth-order valence-electron chi connectivity index (χ4n) is 16.9. The van der Waals surface area contributed by atoms with Gasteiger partial charge in [0, 0.05) is 35.5 Å². The summed E-state index contributed by atoms with van der Waals surface area (Å²) < 4.78 is 134. The number of nitrogens with one attached hydrogen (secondary N) is 2. The van der Waals surface area contributed by atoms with E-state index in [1.807, 2.05) is 46.1 Å². The van der Waals surface area contributed by atoms with E-state index in [1.54, 1.807) is 40.6 Å². The minimum absolute atomic E-state index is 0.0387. The van der Waals surface area contributed by atoms with Crippen LogP contribution in [0.25, 0.3) is 55.8 Å². The van der Waals surface area contributed by atoms with Crippen LogP contribution in [0.2, 0.25) is 0 Å². The van der Waals surface area contributed by atoms with Crippen LogP contribution in [0.5, 0.6) is 0 Å². The Morgan fingerprint density at radius 3 is 0.917 bits per heavy atom. The lowest BCUT2D eigenvalue weighted by atomic mass is 9.96. The highest BCUT2D eigenvalue weighted by atomic mass is 32.5. The van der Waals surface area contributed by atoms with E-state index >= 15 is 0 Å². The van der Waals surface area contributed by atoms with Crippen molar-refractivity contribution in [3.63, 3.8) is 0 Å². The van der Waals surface area contributed by atoms with Crippen molar-refractivity contribution in [2.75, 3.05) is 97.3 Å². The fraction of sp³-hybridized carbons (Fsp3) is 0.627. The van der Waals surface area contributed by atoms with E-state index < -0.39 is 117 Å². The second-order valence-electron chi connectivity index (χ2n) is 29.2. The Balaban J connectivity index is 0.000000117. The lowest BCUT2D eigenvalue weighted by Gasteiger charge is -2.31. The number of aromatic amines is 2. The molecule has 658 valence electrons. The molecule has 10 aliphatic rings. The van der Waals surface area contributed by atoms with Crippen LogP contribution in [0.1, 0.15) is 112 Å². The smallest absolute Gasteiger partial charge is 0.382 e. The zero-order chi connectivity index (χ0) is 86.4. The first-order valence-corrected chi connectivity index (χ1v) is 44.0. The molecule has 0 aromatic carbocycles. The highest BCUT2D eigenvalue weighted by Crippen LogP contribution is 2.60. The van der Waals surface area contributed by atoms with Gasteiger partial charge in [0.05, 0.1) is 64.7 Å². The van der Waals surface area contributed by atoms with Crippen molar-refractivity contribution in [1.29, 1.82) is 0 Å². The number of anilines is 5. The molecule has 23 atom stereocenters. The molecule has 0 saturated carbocycles. The van der Waals surface area contributed by atoms with Crippen LogP contribution in [0.4, 0.5) is 29.4 Å². The van der Waals surface area contributed by atoms with E-state index in [4.69, 9.17) is 115 Å². The summed E-state index contributed by atoms with van der Waals surface area (Å²) >= 11 is 5.00. The summed E-state index contributed by atoms with van der Waals surface area (Å²) in [6.07, 6.45) is 7.61. The highest BCUT2D eigenvalue weighted by molar-refractivity contribution is 8.07. The number of phosphoric ester groups is 2. The minimum atomic E-state index is -4.26. The molecule has 10 saturated heterocycles. The summed E-state index contributed by atoms with van der Waals surface area (Å²) in [5, 5.41) is 0. The molecule has 54 heteroatoms. The molecule has 10 aromatic heterocycles. The predicted octanol–water partition coefficient (Wildman–Crippen LogP) is 2.58. The van der Waals surface area contributed by atoms with Crippen LogP contribution in [0, 0.1) is 0 Å². The quantitative estimate of drug-likeness (QED) is 0.0462. The van der Waals surface area contributed by atoms with Gasteiger partial charge in [-0.05, 0) is 43.9 Å². The van der Waals surface area contributed by atoms with E-state index in [-0.39, 0.29) is 89.6 Å². The van der Waals surface area contributed by atoms with Crippen LogP contribution in [-0.4, -0.2) is 270 Å². The number of phosphoric acid groups is 2. The normalized spacial score (nSPS) is 33.3. The van der Waals surface area contributed by atoms with Crippen molar-refractivity contribution in [2.45, 2.75) is 201 Å². The lowest BCUT2D eigenvalue weighted by molar-refractivity contribution is -0.173. The first kappa shape index (κ1) is 87.5. The number of nitrogens with zero attached hydrogens (tertiary/aromatic N) is 18. The van der Waals surface area contributed by atoms with Gasteiger partial charge < -0.3 is 105 Å². The first-order chi connectivity index (χ1) is 57.9. The molecule has 10 aliphatic heterocycles. The van der Waals surface area contributed by atoms with E-state index in [0.717, 1.165) is 27.1 Å². The zero-order valence-electron chi connectivity index (χ0n) is 67.4. The number of hydrogen-bond donors (Lipinski definition) is 10.